The van der Waals surface area contributed by atoms with Gasteiger partial charge in [0.1, 0.15) is 5.82 Å². The fourth-order valence-corrected chi connectivity index (χ4v) is 4.11. The van der Waals surface area contributed by atoms with Crippen molar-refractivity contribution in [3.63, 3.8) is 0 Å². The summed E-state index contributed by atoms with van der Waals surface area (Å²) < 4.78 is 52.4. The van der Waals surface area contributed by atoms with Gasteiger partial charge in [-0.1, -0.05) is 12.1 Å². The van der Waals surface area contributed by atoms with Gasteiger partial charge in [0.25, 0.3) is 5.91 Å². The summed E-state index contributed by atoms with van der Waals surface area (Å²) in [5.74, 6) is -1.64. The first-order valence-corrected chi connectivity index (χ1v) is 11.7. The highest BCUT2D eigenvalue weighted by atomic mass is 19.4. The average Bonchev–Trinajstić information content (AvgIpc) is 3.49. The lowest BCUT2D eigenvalue weighted by molar-refractivity contribution is -0.139. The maximum absolute atomic E-state index is 13.5. The monoisotopic (exact) mass is 535 g/mol. The highest BCUT2D eigenvalue weighted by Gasteiger charge is 2.34. The predicted octanol–water partition coefficient (Wildman–Crippen LogP) is 7.36. The van der Waals surface area contributed by atoms with Crippen molar-refractivity contribution in [2.24, 2.45) is 0 Å². The minimum Gasteiger partial charge on any atom is -0.362 e. The Labute approximate surface area is 219 Å². The standard InChI is InChI=1S/C28H21F4N5O2/c1-15-4-5-19(36-27(39)35-17-7-9-23(29)22(12-17)28(30,31)32)13-24(15)34-18-6-8-20-21(11-16-3-2-10-33-16)26(38)37-25(20)14-18/h2-14,33-34H,1H3,(H,37,38)(H2,35,36,39). The number of aryl methyl sites for hydroxylation is 1. The fraction of sp³-hybridized carbons (Fsp3) is 0.0714. The van der Waals surface area contributed by atoms with Crippen LogP contribution in [0.25, 0.3) is 11.6 Å². The van der Waals surface area contributed by atoms with E-state index >= 15 is 0 Å². The first-order chi connectivity index (χ1) is 18.6. The van der Waals surface area contributed by atoms with Gasteiger partial charge in [-0.15, -0.1) is 0 Å². The number of amides is 3. The molecule has 4 aromatic rings. The maximum Gasteiger partial charge on any atom is 0.419 e. The van der Waals surface area contributed by atoms with Crippen LogP contribution >= 0.6 is 0 Å². The molecule has 1 aliphatic rings. The van der Waals surface area contributed by atoms with Gasteiger partial charge in [-0.3, -0.25) is 4.79 Å². The topological polar surface area (TPSA) is 98.0 Å². The Kier molecular flexibility index (Phi) is 6.57. The second-order valence-corrected chi connectivity index (χ2v) is 8.82. The van der Waals surface area contributed by atoms with Gasteiger partial charge in [0.15, 0.2) is 0 Å². The first kappa shape index (κ1) is 25.6. The summed E-state index contributed by atoms with van der Waals surface area (Å²) in [7, 11) is 0. The average molecular weight is 536 g/mol. The Hall–Kier alpha value is -5.06. The van der Waals surface area contributed by atoms with Crippen LogP contribution in [0.5, 0.6) is 0 Å². The van der Waals surface area contributed by atoms with Gasteiger partial charge in [0, 0.05) is 40.2 Å². The fourth-order valence-electron chi connectivity index (χ4n) is 4.11. The number of rotatable bonds is 5. The van der Waals surface area contributed by atoms with Gasteiger partial charge in [0.05, 0.1) is 16.8 Å². The second-order valence-electron chi connectivity index (χ2n) is 8.82. The summed E-state index contributed by atoms with van der Waals surface area (Å²) in [6.45, 7) is 1.86. The minimum atomic E-state index is -4.89. The molecule has 1 aromatic heterocycles. The molecular formula is C28H21F4N5O2. The molecule has 0 atom stereocenters. The van der Waals surface area contributed by atoms with Gasteiger partial charge in [-0.2, -0.15) is 13.2 Å². The van der Waals surface area contributed by atoms with Gasteiger partial charge < -0.3 is 26.3 Å². The number of urea groups is 1. The lowest BCUT2D eigenvalue weighted by Crippen LogP contribution is -2.20. The van der Waals surface area contributed by atoms with E-state index < -0.39 is 23.6 Å². The molecule has 5 rings (SSSR count). The largest absolute Gasteiger partial charge is 0.419 e. The van der Waals surface area contributed by atoms with Gasteiger partial charge >= 0.3 is 12.2 Å². The zero-order valence-electron chi connectivity index (χ0n) is 20.3. The van der Waals surface area contributed by atoms with Crippen LogP contribution in [0.3, 0.4) is 0 Å². The number of hydrogen-bond donors (Lipinski definition) is 5. The molecule has 39 heavy (non-hydrogen) atoms. The number of aromatic amines is 1. The molecule has 2 heterocycles. The second kappa shape index (κ2) is 10.0. The number of nitrogens with one attached hydrogen (secondary N) is 5. The predicted molar refractivity (Wildman–Crippen MR) is 142 cm³/mol. The number of anilines is 5. The zero-order chi connectivity index (χ0) is 27.7. The molecule has 3 aromatic carbocycles. The van der Waals surface area contributed by atoms with Crippen molar-refractivity contribution in [1.29, 1.82) is 0 Å². The lowest BCUT2D eigenvalue weighted by atomic mass is 10.1. The number of fused-ring (bicyclic) bond motifs is 1. The third-order valence-corrected chi connectivity index (χ3v) is 6.03. The molecule has 0 radical (unpaired) electrons. The normalized spacial score (nSPS) is 13.7. The van der Waals surface area contributed by atoms with Crippen molar-refractivity contribution in [3.8, 4) is 0 Å². The minimum absolute atomic E-state index is 0.212. The Morgan fingerprint density at radius 3 is 2.36 bits per heavy atom. The van der Waals surface area contributed by atoms with Crippen molar-refractivity contribution in [3.05, 3.63) is 101 Å². The van der Waals surface area contributed by atoms with Crippen LogP contribution in [0.15, 0.2) is 72.9 Å². The van der Waals surface area contributed by atoms with Crippen LogP contribution in [0.1, 0.15) is 22.4 Å². The maximum atomic E-state index is 13.5. The Bertz CT molecular complexity index is 1610. The van der Waals surface area contributed by atoms with Crippen LogP contribution in [0.4, 0.5) is 50.8 Å². The van der Waals surface area contributed by atoms with Crippen LogP contribution in [0, 0.1) is 12.7 Å². The molecule has 3 amide bonds. The molecule has 0 saturated heterocycles. The van der Waals surface area contributed by atoms with E-state index in [0.717, 1.165) is 22.9 Å². The number of hydrogen-bond acceptors (Lipinski definition) is 3. The molecule has 198 valence electrons. The van der Waals surface area contributed by atoms with Crippen LogP contribution in [-0.2, 0) is 11.0 Å². The number of carbonyl (C=O) groups is 2. The van der Waals surface area contributed by atoms with Crippen molar-refractivity contribution in [1.82, 2.24) is 4.98 Å². The van der Waals surface area contributed by atoms with E-state index in [2.05, 4.69) is 26.3 Å². The molecule has 11 heteroatoms. The highest BCUT2D eigenvalue weighted by molar-refractivity contribution is 6.35. The molecule has 0 saturated carbocycles. The summed E-state index contributed by atoms with van der Waals surface area (Å²) in [5.41, 5.74) is 3.62. The smallest absolute Gasteiger partial charge is 0.362 e. The number of halogens is 4. The molecule has 0 bridgehead atoms. The SMILES string of the molecule is Cc1ccc(NC(=O)Nc2ccc(F)c(C(F)(F)F)c2)cc1Nc1ccc2c(c1)NC(=O)C2=Cc1ccc[nH]1. The summed E-state index contributed by atoms with van der Waals surface area (Å²) in [6.07, 6.45) is -1.35. The molecule has 0 fully saturated rings. The third-order valence-electron chi connectivity index (χ3n) is 6.03. The summed E-state index contributed by atoms with van der Waals surface area (Å²) in [5, 5.41) is 11.0. The van der Waals surface area contributed by atoms with Crippen molar-refractivity contribution < 1.29 is 27.2 Å². The molecule has 0 spiro atoms. The van der Waals surface area contributed by atoms with Crippen molar-refractivity contribution >= 4 is 52.0 Å². The number of aromatic nitrogens is 1. The lowest BCUT2D eigenvalue weighted by Gasteiger charge is -2.14. The molecule has 5 N–H and O–H groups in total. The van der Waals surface area contributed by atoms with Gasteiger partial charge in [0.2, 0.25) is 0 Å². The number of alkyl halides is 3. The van der Waals surface area contributed by atoms with Crippen LogP contribution in [-0.4, -0.2) is 16.9 Å². The Balaban J connectivity index is 1.30. The highest BCUT2D eigenvalue weighted by Crippen LogP contribution is 2.36. The third kappa shape index (κ3) is 5.61. The van der Waals surface area contributed by atoms with Crippen molar-refractivity contribution in [2.45, 2.75) is 13.1 Å². The number of H-pyrrole nitrogens is 1. The quantitative estimate of drug-likeness (QED) is 0.136. The summed E-state index contributed by atoms with van der Waals surface area (Å²) in [6, 6.07) is 15.6. The van der Waals surface area contributed by atoms with Gasteiger partial charge in [-0.05, 0) is 73.2 Å². The van der Waals surface area contributed by atoms with Gasteiger partial charge in [-0.25, -0.2) is 9.18 Å². The van der Waals surface area contributed by atoms with E-state index in [0.29, 0.717) is 40.5 Å². The van der Waals surface area contributed by atoms with E-state index in [4.69, 9.17) is 0 Å². The van der Waals surface area contributed by atoms with Crippen LogP contribution in [0.2, 0.25) is 0 Å². The number of carbonyl (C=O) groups excluding carboxylic acids is 2. The first-order valence-electron chi connectivity index (χ1n) is 11.7. The Morgan fingerprint density at radius 1 is 0.923 bits per heavy atom. The molecule has 7 nitrogen and oxygen atoms in total. The summed E-state index contributed by atoms with van der Waals surface area (Å²) >= 11 is 0. The van der Waals surface area contributed by atoms with Crippen LogP contribution < -0.4 is 21.3 Å². The molecular weight excluding hydrogens is 514 g/mol. The number of benzene rings is 3. The van der Waals surface area contributed by atoms with Crippen molar-refractivity contribution in [2.75, 3.05) is 21.3 Å². The van der Waals surface area contributed by atoms with E-state index in [1.165, 1.54) is 0 Å². The van der Waals surface area contributed by atoms with E-state index in [9.17, 15) is 27.2 Å². The zero-order valence-corrected chi connectivity index (χ0v) is 20.3. The van der Waals surface area contributed by atoms with E-state index in [1.807, 2.05) is 31.2 Å². The molecule has 1 aliphatic heterocycles. The molecule has 0 unspecified atom stereocenters. The Morgan fingerprint density at radius 2 is 1.64 bits per heavy atom. The summed E-state index contributed by atoms with van der Waals surface area (Å²) in [4.78, 5) is 28.0. The molecule has 0 aliphatic carbocycles. The van der Waals surface area contributed by atoms with E-state index in [-0.39, 0.29) is 11.6 Å². The van der Waals surface area contributed by atoms with E-state index in [1.54, 1.807) is 36.5 Å².